The number of rotatable bonds is 7. The van der Waals surface area contributed by atoms with Crippen LogP contribution in [-0.2, 0) is 9.59 Å². The summed E-state index contributed by atoms with van der Waals surface area (Å²) in [5.74, 6) is 1.45. The van der Waals surface area contributed by atoms with Gasteiger partial charge in [-0.3, -0.25) is 9.59 Å². The van der Waals surface area contributed by atoms with Crippen LogP contribution in [0.15, 0.2) is 18.2 Å². The number of nitrogens with one attached hydrogen (secondary N) is 1. The zero-order valence-electron chi connectivity index (χ0n) is 16.2. The minimum atomic E-state index is -0.0751. The summed E-state index contributed by atoms with van der Waals surface area (Å²) >= 11 is 0. The lowest BCUT2D eigenvalue weighted by Gasteiger charge is -2.33. The molecule has 0 aromatic heterocycles. The van der Waals surface area contributed by atoms with Crippen LogP contribution in [0.25, 0.3) is 0 Å². The molecule has 144 valence electrons. The van der Waals surface area contributed by atoms with Gasteiger partial charge in [0.25, 0.3) is 0 Å². The Labute approximate surface area is 155 Å². The molecule has 26 heavy (non-hydrogen) atoms. The predicted molar refractivity (Wildman–Crippen MR) is 102 cm³/mol. The van der Waals surface area contributed by atoms with Gasteiger partial charge in [0.1, 0.15) is 0 Å². The Morgan fingerprint density at radius 3 is 2.27 bits per heavy atom. The van der Waals surface area contributed by atoms with Gasteiger partial charge in [-0.25, -0.2) is 0 Å². The summed E-state index contributed by atoms with van der Waals surface area (Å²) in [6.07, 6.45) is 3.14. The van der Waals surface area contributed by atoms with E-state index in [1.54, 1.807) is 32.4 Å². The number of hydrogen-bond donors (Lipinski definition) is 1. The number of nitrogens with zero attached hydrogens (tertiary/aromatic N) is 1. The van der Waals surface area contributed by atoms with Crippen molar-refractivity contribution in [3.8, 4) is 11.5 Å². The van der Waals surface area contributed by atoms with Crippen LogP contribution in [0.2, 0.25) is 0 Å². The molecule has 0 radical (unpaired) electrons. The Morgan fingerprint density at radius 2 is 1.73 bits per heavy atom. The number of benzene rings is 1. The van der Waals surface area contributed by atoms with Gasteiger partial charge in [0.05, 0.1) is 14.2 Å². The minimum Gasteiger partial charge on any atom is -0.493 e. The molecular formula is C20H30N2O4. The summed E-state index contributed by atoms with van der Waals surface area (Å²) < 4.78 is 10.5. The first kappa shape index (κ1) is 20.1. The summed E-state index contributed by atoms with van der Waals surface area (Å²) in [7, 11) is 3.14. The molecule has 2 amide bonds. The largest absolute Gasteiger partial charge is 0.493 e. The van der Waals surface area contributed by atoms with Crippen molar-refractivity contribution in [2.75, 3.05) is 32.6 Å². The average Bonchev–Trinajstić information content (AvgIpc) is 2.68. The molecule has 2 rings (SSSR count). The van der Waals surface area contributed by atoms with Crippen LogP contribution >= 0.6 is 0 Å². The Balaban J connectivity index is 1.91. The lowest BCUT2D eigenvalue weighted by atomic mass is 9.93. The third-order valence-electron chi connectivity index (χ3n) is 5.16. The molecule has 1 aliphatic rings. The maximum atomic E-state index is 12.6. The number of ether oxygens (including phenoxy) is 2. The second-order valence-electron chi connectivity index (χ2n) is 6.67. The van der Waals surface area contributed by atoms with E-state index in [0.29, 0.717) is 43.1 Å². The van der Waals surface area contributed by atoms with E-state index in [9.17, 15) is 9.59 Å². The molecule has 0 bridgehead atoms. The Morgan fingerprint density at radius 1 is 1.12 bits per heavy atom. The van der Waals surface area contributed by atoms with E-state index in [4.69, 9.17) is 9.47 Å². The van der Waals surface area contributed by atoms with Gasteiger partial charge in [0, 0.05) is 36.7 Å². The zero-order valence-corrected chi connectivity index (χ0v) is 16.2. The quantitative estimate of drug-likeness (QED) is 0.808. The molecule has 1 N–H and O–H groups in total. The van der Waals surface area contributed by atoms with E-state index in [2.05, 4.69) is 19.2 Å². The van der Waals surface area contributed by atoms with Crippen molar-refractivity contribution in [3.05, 3.63) is 18.2 Å². The van der Waals surface area contributed by atoms with Crippen molar-refractivity contribution in [2.45, 2.75) is 39.5 Å². The van der Waals surface area contributed by atoms with Crippen LogP contribution in [-0.4, -0.2) is 44.0 Å². The molecule has 0 atom stereocenters. The van der Waals surface area contributed by atoms with E-state index in [1.807, 2.05) is 4.90 Å². The monoisotopic (exact) mass is 362 g/mol. The second kappa shape index (κ2) is 9.46. The molecule has 0 saturated carbocycles. The Bertz CT molecular complexity index is 620. The van der Waals surface area contributed by atoms with Crippen LogP contribution in [0.3, 0.4) is 0 Å². The Kier molecular flexibility index (Phi) is 7.30. The molecule has 1 heterocycles. The van der Waals surface area contributed by atoms with Gasteiger partial charge in [-0.1, -0.05) is 13.8 Å². The molecule has 1 aromatic rings. The van der Waals surface area contributed by atoms with Gasteiger partial charge in [0.2, 0.25) is 11.8 Å². The topological polar surface area (TPSA) is 67.9 Å². The first-order valence-corrected chi connectivity index (χ1v) is 9.35. The highest BCUT2D eigenvalue weighted by Crippen LogP contribution is 2.30. The van der Waals surface area contributed by atoms with E-state index in [1.165, 1.54) is 0 Å². The van der Waals surface area contributed by atoms with Crippen LogP contribution in [0.5, 0.6) is 11.5 Å². The van der Waals surface area contributed by atoms with Crippen LogP contribution in [0, 0.1) is 11.8 Å². The number of carbonyl (C=O) groups is 2. The molecule has 0 unspecified atom stereocenters. The molecule has 0 spiro atoms. The summed E-state index contributed by atoms with van der Waals surface area (Å²) in [5, 5.41) is 2.95. The van der Waals surface area contributed by atoms with Gasteiger partial charge < -0.3 is 19.7 Å². The summed E-state index contributed by atoms with van der Waals surface area (Å²) in [5.41, 5.74) is 0.684. The smallest absolute Gasteiger partial charge is 0.227 e. The molecule has 1 saturated heterocycles. The molecule has 6 heteroatoms. The summed E-state index contributed by atoms with van der Waals surface area (Å²) in [6.45, 7) is 5.41. The maximum Gasteiger partial charge on any atom is 0.227 e. The minimum absolute atomic E-state index is 0.00754. The average molecular weight is 362 g/mol. The van der Waals surface area contributed by atoms with Gasteiger partial charge in [-0.15, -0.1) is 0 Å². The SMILES string of the molecule is CCC(CC)C(=O)N1CCC(C(=O)Nc2ccc(OC)c(OC)c2)CC1. The maximum absolute atomic E-state index is 12.6. The fourth-order valence-electron chi connectivity index (χ4n) is 3.42. The first-order chi connectivity index (χ1) is 12.5. The van der Waals surface area contributed by atoms with Gasteiger partial charge in [0.15, 0.2) is 11.5 Å². The van der Waals surface area contributed by atoms with Gasteiger partial charge >= 0.3 is 0 Å². The highest BCUT2D eigenvalue weighted by molar-refractivity contribution is 5.93. The Hall–Kier alpha value is -2.24. The van der Waals surface area contributed by atoms with Crippen molar-refractivity contribution in [1.29, 1.82) is 0 Å². The van der Waals surface area contributed by atoms with E-state index < -0.39 is 0 Å². The third-order valence-corrected chi connectivity index (χ3v) is 5.16. The van der Waals surface area contributed by atoms with E-state index >= 15 is 0 Å². The van der Waals surface area contributed by atoms with Crippen LogP contribution < -0.4 is 14.8 Å². The van der Waals surface area contributed by atoms with Crippen LogP contribution in [0.4, 0.5) is 5.69 Å². The third kappa shape index (κ3) is 4.68. The predicted octanol–water partition coefficient (Wildman–Crippen LogP) is 3.32. The van der Waals surface area contributed by atoms with Gasteiger partial charge in [-0.05, 0) is 37.8 Å². The van der Waals surface area contributed by atoms with Crippen molar-refractivity contribution >= 4 is 17.5 Å². The molecule has 6 nitrogen and oxygen atoms in total. The molecule has 1 fully saturated rings. The van der Waals surface area contributed by atoms with Crippen molar-refractivity contribution < 1.29 is 19.1 Å². The lowest BCUT2D eigenvalue weighted by molar-refractivity contribution is -0.138. The molecule has 1 aliphatic heterocycles. The number of piperidine rings is 1. The normalized spacial score (nSPS) is 15.0. The number of likely N-dealkylation sites (tertiary alicyclic amines) is 1. The molecule has 0 aliphatic carbocycles. The number of carbonyl (C=O) groups excluding carboxylic acids is 2. The molecule has 1 aromatic carbocycles. The molecular weight excluding hydrogens is 332 g/mol. The first-order valence-electron chi connectivity index (χ1n) is 9.35. The zero-order chi connectivity index (χ0) is 19.1. The van der Waals surface area contributed by atoms with Crippen molar-refractivity contribution in [2.24, 2.45) is 11.8 Å². The van der Waals surface area contributed by atoms with Crippen molar-refractivity contribution in [1.82, 2.24) is 4.90 Å². The van der Waals surface area contributed by atoms with Crippen molar-refractivity contribution in [3.63, 3.8) is 0 Å². The van der Waals surface area contributed by atoms with E-state index in [0.717, 1.165) is 12.8 Å². The highest BCUT2D eigenvalue weighted by Gasteiger charge is 2.29. The highest BCUT2D eigenvalue weighted by atomic mass is 16.5. The standard InChI is InChI=1S/C20H30N2O4/c1-5-14(6-2)20(24)22-11-9-15(10-12-22)19(23)21-16-7-8-17(25-3)18(13-16)26-4/h7-8,13-15H,5-6,9-12H2,1-4H3,(H,21,23). The second-order valence-corrected chi connectivity index (χ2v) is 6.67. The van der Waals surface area contributed by atoms with Gasteiger partial charge in [-0.2, -0.15) is 0 Å². The fraction of sp³-hybridized carbons (Fsp3) is 0.600. The fourth-order valence-corrected chi connectivity index (χ4v) is 3.42. The van der Waals surface area contributed by atoms with Crippen LogP contribution in [0.1, 0.15) is 39.5 Å². The summed E-state index contributed by atoms with van der Waals surface area (Å²) in [4.78, 5) is 26.9. The number of hydrogen-bond acceptors (Lipinski definition) is 4. The number of anilines is 1. The van der Waals surface area contributed by atoms with E-state index in [-0.39, 0.29) is 23.7 Å². The number of methoxy groups -OCH3 is 2. The number of amides is 2. The lowest BCUT2D eigenvalue weighted by Crippen LogP contribution is -2.43. The summed E-state index contributed by atoms with van der Waals surface area (Å²) in [6, 6.07) is 5.32.